The second-order valence-corrected chi connectivity index (χ2v) is 4.71. The maximum atomic E-state index is 12.0. The van der Waals surface area contributed by atoms with Crippen LogP contribution in [-0.4, -0.2) is 29.4 Å². The topological polar surface area (TPSA) is 70.1 Å². The van der Waals surface area contributed by atoms with Crippen molar-refractivity contribution >= 4 is 5.91 Å². The molecule has 1 aliphatic rings. The van der Waals surface area contributed by atoms with Gasteiger partial charge in [-0.15, -0.1) is 6.42 Å². The van der Waals surface area contributed by atoms with E-state index in [2.05, 4.69) is 5.92 Å². The number of nitriles is 1. The van der Waals surface area contributed by atoms with Crippen LogP contribution in [0.5, 0.6) is 0 Å². The summed E-state index contributed by atoms with van der Waals surface area (Å²) in [5, 5.41) is 8.64. The third-order valence-corrected chi connectivity index (χ3v) is 3.25. The first kappa shape index (κ1) is 13.5. The number of nitrogens with zero attached hydrogens (tertiary/aromatic N) is 2. The number of carbonyl (C=O) groups excluding carboxylic acids is 1. The quantitative estimate of drug-likeness (QED) is 0.582. The molecular formula is C13H19N3O. The number of rotatable bonds is 4. The van der Waals surface area contributed by atoms with E-state index in [1.54, 1.807) is 0 Å². The molecule has 2 N–H and O–H groups in total. The third kappa shape index (κ3) is 4.09. The zero-order valence-corrected chi connectivity index (χ0v) is 10.1. The van der Waals surface area contributed by atoms with Crippen molar-refractivity contribution in [3.05, 3.63) is 0 Å². The first-order valence-electron chi connectivity index (χ1n) is 5.98. The van der Waals surface area contributed by atoms with Crippen LogP contribution in [0, 0.1) is 23.7 Å². The molecular weight excluding hydrogens is 214 g/mol. The fraction of sp³-hybridized carbons (Fsp3) is 0.692. The van der Waals surface area contributed by atoms with Gasteiger partial charge < -0.3 is 10.6 Å². The molecule has 1 fully saturated rings. The molecule has 1 amide bonds. The number of nitrogens with two attached hydrogens (primary N) is 1. The molecule has 0 atom stereocenters. The van der Waals surface area contributed by atoms with Crippen molar-refractivity contribution in [3.8, 4) is 18.4 Å². The van der Waals surface area contributed by atoms with Crippen LogP contribution in [0.1, 0.15) is 38.5 Å². The largest absolute Gasteiger partial charge is 0.325 e. The lowest BCUT2D eigenvalue weighted by Crippen LogP contribution is -2.47. The Hall–Kier alpha value is -1.52. The van der Waals surface area contributed by atoms with E-state index in [4.69, 9.17) is 17.4 Å². The SMILES string of the molecule is C#CCN(CC#N)C(=O)CC1(N)CCCCC1. The van der Waals surface area contributed by atoms with E-state index in [9.17, 15) is 4.79 Å². The zero-order valence-electron chi connectivity index (χ0n) is 10.1. The third-order valence-electron chi connectivity index (χ3n) is 3.25. The number of hydrogen-bond acceptors (Lipinski definition) is 3. The number of hydrogen-bond donors (Lipinski definition) is 1. The maximum absolute atomic E-state index is 12.0. The van der Waals surface area contributed by atoms with E-state index in [1.165, 1.54) is 11.3 Å². The summed E-state index contributed by atoms with van der Waals surface area (Å²) in [5.41, 5.74) is 5.82. The molecule has 1 saturated carbocycles. The van der Waals surface area contributed by atoms with Crippen molar-refractivity contribution in [2.75, 3.05) is 13.1 Å². The monoisotopic (exact) mass is 233 g/mol. The van der Waals surface area contributed by atoms with Gasteiger partial charge in [-0.25, -0.2) is 0 Å². The zero-order chi connectivity index (χ0) is 12.7. The van der Waals surface area contributed by atoms with E-state index in [0.29, 0.717) is 6.42 Å². The van der Waals surface area contributed by atoms with Crippen molar-refractivity contribution < 1.29 is 4.79 Å². The standard InChI is InChI=1S/C13H19N3O/c1-2-9-16(10-8-14)12(17)11-13(15)6-4-3-5-7-13/h1H,3-7,9-11,15H2. The molecule has 0 aromatic heterocycles. The molecule has 0 radical (unpaired) electrons. The molecule has 0 bridgehead atoms. The number of carbonyl (C=O) groups is 1. The van der Waals surface area contributed by atoms with Crippen molar-refractivity contribution in [1.29, 1.82) is 5.26 Å². The van der Waals surface area contributed by atoms with E-state index in [1.807, 2.05) is 6.07 Å². The van der Waals surface area contributed by atoms with Crippen LogP contribution < -0.4 is 5.73 Å². The number of terminal acetylenes is 1. The summed E-state index contributed by atoms with van der Waals surface area (Å²) in [5.74, 6) is 2.29. The molecule has 17 heavy (non-hydrogen) atoms. The van der Waals surface area contributed by atoms with E-state index in [0.717, 1.165) is 25.7 Å². The molecule has 0 aliphatic heterocycles. The van der Waals surface area contributed by atoms with Crippen molar-refractivity contribution in [1.82, 2.24) is 4.90 Å². The lowest BCUT2D eigenvalue weighted by molar-refractivity contribution is -0.131. The van der Waals surface area contributed by atoms with Gasteiger partial charge in [0, 0.05) is 12.0 Å². The Balaban J connectivity index is 2.56. The minimum Gasteiger partial charge on any atom is -0.325 e. The second kappa shape index (κ2) is 6.27. The Morgan fingerprint density at radius 3 is 2.53 bits per heavy atom. The highest BCUT2D eigenvalue weighted by atomic mass is 16.2. The van der Waals surface area contributed by atoms with Gasteiger partial charge in [0.2, 0.25) is 5.91 Å². The van der Waals surface area contributed by atoms with Gasteiger partial charge in [-0.1, -0.05) is 25.2 Å². The molecule has 0 unspecified atom stereocenters. The van der Waals surface area contributed by atoms with Crippen molar-refractivity contribution in [2.24, 2.45) is 5.73 Å². The Labute approximate surface area is 103 Å². The molecule has 0 heterocycles. The predicted molar refractivity (Wildman–Crippen MR) is 65.6 cm³/mol. The molecule has 1 aliphatic carbocycles. The van der Waals surface area contributed by atoms with Gasteiger partial charge in [-0.3, -0.25) is 4.79 Å². The summed E-state index contributed by atoms with van der Waals surface area (Å²) in [7, 11) is 0. The maximum Gasteiger partial charge on any atom is 0.226 e. The Bertz CT molecular complexity index is 329. The summed E-state index contributed by atoms with van der Waals surface area (Å²) >= 11 is 0. The molecule has 1 rings (SSSR count). The smallest absolute Gasteiger partial charge is 0.226 e. The van der Waals surface area contributed by atoms with Crippen LogP contribution in [0.2, 0.25) is 0 Å². The van der Waals surface area contributed by atoms with Crippen molar-refractivity contribution in [2.45, 2.75) is 44.1 Å². The Morgan fingerprint density at radius 1 is 1.35 bits per heavy atom. The molecule has 4 nitrogen and oxygen atoms in total. The summed E-state index contributed by atoms with van der Waals surface area (Å²) in [6.07, 6.45) is 10.6. The first-order valence-corrected chi connectivity index (χ1v) is 5.98. The Kier molecular flexibility index (Phi) is 5.00. The lowest BCUT2D eigenvalue weighted by atomic mass is 9.80. The van der Waals surface area contributed by atoms with Crippen LogP contribution in [0.4, 0.5) is 0 Å². The van der Waals surface area contributed by atoms with Crippen LogP contribution >= 0.6 is 0 Å². The fourth-order valence-electron chi connectivity index (χ4n) is 2.27. The minimum atomic E-state index is -0.391. The average Bonchev–Trinajstić information content (AvgIpc) is 2.29. The molecule has 0 spiro atoms. The Morgan fingerprint density at radius 2 is 2.00 bits per heavy atom. The van der Waals surface area contributed by atoms with Crippen LogP contribution in [0.25, 0.3) is 0 Å². The first-order chi connectivity index (χ1) is 8.11. The van der Waals surface area contributed by atoms with Gasteiger partial charge in [0.05, 0.1) is 12.6 Å². The lowest BCUT2D eigenvalue weighted by Gasteiger charge is -2.34. The summed E-state index contributed by atoms with van der Waals surface area (Å²) in [4.78, 5) is 13.4. The molecule has 0 aromatic rings. The van der Waals surface area contributed by atoms with Gasteiger partial charge in [0.15, 0.2) is 0 Å². The van der Waals surface area contributed by atoms with Gasteiger partial charge >= 0.3 is 0 Å². The summed E-state index contributed by atoms with van der Waals surface area (Å²) in [6.45, 7) is 0.224. The van der Waals surface area contributed by atoms with Gasteiger partial charge in [0.1, 0.15) is 6.54 Å². The average molecular weight is 233 g/mol. The van der Waals surface area contributed by atoms with E-state index in [-0.39, 0.29) is 19.0 Å². The van der Waals surface area contributed by atoms with E-state index >= 15 is 0 Å². The molecule has 4 heteroatoms. The highest BCUT2D eigenvalue weighted by Crippen LogP contribution is 2.29. The second-order valence-electron chi connectivity index (χ2n) is 4.71. The number of amides is 1. The predicted octanol–water partition coefficient (Wildman–Crippen LogP) is 1.02. The van der Waals surface area contributed by atoms with Gasteiger partial charge in [0.25, 0.3) is 0 Å². The fourth-order valence-corrected chi connectivity index (χ4v) is 2.27. The highest BCUT2D eigenvalue weighted by molar-refractivity contribution is 5.78. The minimum absolute atomic E-state index is 0.0408. The van der Waals surface area contributed by atoms with Crippen LogP contribution in [0.3, 0.4) is 0 Å². The van der Waals surface area contributed by atoms with Crippen LogP contribution in [0.15, 0.2) is 0 Å². The van der Waals surface area contributed by atoms with Gasteiger partial charge in [-0.2, -0.15) is 5.26 Å². The summed E-state index contributed by atoms with van der Waals surface area (Å²) < 4.78 is 0. The molecule has 0 aromatic carbocycles. The van der Waals surface area contributed by atoms with Crippen LogP contribution in [-0.2, 0) is 4.79 Å². The molecule has 0 saturated heterocycles. The van der Waals surface area contributed by atoms with E-state index < -0.39 is 5.54 Å². The van der Waals surface area contributed by atoms with Gasteiger partial charge in [-0.05, 0) is 12.8 Å². The molecule has 92 valence electrons. The van der Waals surface area contributed by atoms with Crippen molar-refractivity contribution in [3.63, 3.8) is 0 Å². The normalized spacial score (nSPS) is 17.8. The highest BCUT2D eigenvalue weighted by Gasteiger charge is 2.31. The summed E-state index contributed by atoms with van der Waals surface area (Å²) in [6, 6.07) is 1.95.